The van der Waals surface area contributed by atoms with E-state index in [4.69, 9.17) is 15.2 Å². The number of amides is 1. The molecule has 2 heterocycles. The average Bonchev–Trinajstić information content (AvgIpc) is 3.37. The molecule has 8 nitrogen and oxygen atoms in total. The van der Waals surface area contributed by atoms with Gasteiger partial charge in [0.2, 0.25) is 0 Å². The van der Waals surface area contributed by atoms with E-state index in [9.17, 15) is 4.79 Å². The van der Waals surface area contributed by atoms with Crippen LogP contribution in [0.5, 0.6) is 5.75 Å². The van der Waals surface area contributed by atoms with Crippen molar-refractivity contribution in [3.63, 3.8) is 0 Å². The highest BCUT2D eigenvalue weighted by Crippen LogP contribution is 2.37. The largest absolute Gasteiger partial charge is 0.492 e. The van der Waals surface area contributed by atoms with E-state index in [0.717, 1.165) is 46.7 Å². The Balaban J connectivity index is 0.000000555. The van der Waals surface area contributed by atoms with Gasteiger partial charge in [0.15, 0.2) is 0 Å². The van der Waals surface area contributed by atoms with Crippen LogP contribution in [0, 0.1) is 0 Å². The first-order valence-corrected chi connectivity index (χ1v) is 12.9. The maximum absolute atomic E-state index is 11.9. The van der Waals surface area contributed by atoms with E-state index in [-0.39, 0.29) is 5.91 Å². The predicted molar refractivity (Wildman–Crippen MR) is 150 cm³/mol. The zero-order valence-corrected chi connectivity index (χ0v) is 22.3. The van der Waals surface area contributed by atoms with E-state index in [1.807, 2.05) is 50.4 Å². The first-order chi connectivity index (χ1) is 18.0. The second-order valence-corrected chi connectivity index (χ2v) is 9.01. The molecule has 4 rings (SSSR count). The van der Waals surface area contributed by atoms with Gasteiger partial charge < -0.3 is 25.8 Å². The lowest BCUT2D eigenvalue weighted by Gasteiger charge is -2.22. The van der Waals surface area contributed by atoms with Crippen LogP contribution in [0.25, 0.3) is 5.57 Å². The van der Waals surface area contributed by atoms with E-state index in [0.29, 0.717) is 30.6 Å². The number of allylic oxidation sites excluding steroid dienone is 3. The van der Waals surface area contributed by atoms with Crippen molar-refractivity contribution in [3.8, 4) is 5.75 Å². The normalized spacial score (nSPS) is 15.4. The molecule has 1 aliphatic carbocycles. The highest BCUT2D eigenvalue weighted by molar-refractivity contribution is 5.94. The summed E-state index contributed by atoms with van der Waals surface area (Å²) in [6, 6.07) is 7.53. The molecule has 0 radical (unpaired) electrons. The SMILES string of the molecule is CC/C=C(N)/N=C\C=C(/C)c1cnc(NCc2cccc(C(=O)NC)c2)c2c1OCC2.COC1CCC1. The van der Waals surface area contributed by atoms with Gasteiger partial charge in [-0.2, -0.15) is 0 Å². The Morgan fingerprint density at radius 1 is 1.35 bits per heavy atom. The Morgan fingerprint density at radius 2 is 2.16 bits per heavy atom. The third kappa shape index (κ3) is 7.92. The van der Waals surface area contributed by atoms with Crippen LogP contribution in [0.3, 0.4) is 0 Å². The number of nitrogens with zero attached hydrogens (tertiary/aromatic N) is 2. The third-order valence-corrected chi connectivity index (χ3v) is 6.37. The number of nitrogens with one attached hydrogen (secondary N) is 2. The van der Waals surface area contributed by atoms with Crippen LogP contribution in [0.1, 0.15) is 66.6 Å². The van der Waals surface area contributed by atoms with E-state index in [2.05, 4.69) is 20.6 Å². The summed E-state index contributed by atoms with van der Waals surface area (Å²) in [5.74, 6) is 2.07. The van der Waals surface area contributed by atoms with Gasteiger partial charge in [0.25, 0.3) is 5.91 Å². The fourth-order valence-corrected chi connectivity index (χ4v) is 3.97. The number of hydrogen-bond acceptors (Lipinski definition) is 7. The van der Waals surface area contributed by atoms with Crippen molar-refractivity contribution in [3.05, 3.63) is 70.7 Å². The van der Waals surface area contributed by atoms with Crippen LogP contribution in [-0.2, 0) is 17.7 Å². The minimum Gasteiger partial charge on any atom is -0.492 e. The number of rotatable bonds is 9. The van der Waals surface area contributed by atoms with Crippen LogP contribution >= 0.6 is 0 Å². The zero-order chi connectivity index (χ0) is 26.6. The zero-order valence-electron chi connectivity index (χ0n) is 22.3. The number of benzene rings is 1. The summed E-state index contributed by atoms with van der Waals surface area (Å²) in [5, 5.41) is 6.04. The fraction of sp³-hybridized carbons (Fsp3) is 0.414. The lowest BCUT2D eigenvalue weighted by Crippen LogP contribution is -2.18. The van der Waals surface area contributed by atoms with Gasteiger partial charge in [-0.1, -0.05) is 19.1 Å². The van der Waals surface area contributed by atoms with E-state index < -0.39 is 0 Å². The molecule has 198 valence electrons. The second-order valence-electron chi connectivity index (χ2n) is 9.01. The Labute approximate surface area is 220 Å². The molecule has 0 spiro atoms. The summed E-state index contributed by atoms with van der Waals surface area (Å²) in [6.45, 7) is 5.21. The maximum atomic E-state index is 11.9. The summed E-state index contributed by atoms with van der Waals surface area (Å²) < 4.78 is 10.9. The molecule has 1 saturated carbocycles. The summed E-state index contributed by atoms with van der Waals surface area (Å²) in [7, 11) is 3.41. The molecular formula is C29H39N5O3. The number of pyridine rings is 1. The Morgan fingerprint density at radius 3 is 2.81 bits per heavy atom. The lowest BCUT2D eigenvalue weighted by atomic mass is 9.96. The molecule has 0 bridgehead atoms. The number of methoxy groups -OCH3 is 1. The molecule has 1 aromatic carbocycles. The van der Waals surface area contributed by atoms with Crippen molar-refractivity contribution >= 4 is 23.5 Å². The monoisotopic (exact) mass is 505 g/mol. The standard InChI is InChI=1S/C24H29N5O2.C5H10O/c1-4-6-21(25)27-11-9-16(2)20-15-29-23(19-10-12-31-22(19)20)28-14-17-7-5-8-18(13-17)24(30)26-3;1-6-5-3-2-4-5/h5-9,11,13,15H,4,10,12,14,25H2,1-3H3,(H,26,30)(H,28,29);5H,2-4H2,1H3/b16-9+,21-6+,27-11-;. The fourth-order valence-electron chi connectivity index (χ4n) is 3.97. The molecule has 1 amide bonds. The first-order valence-electron chi connectivity index (χ1n) is 12.9. The molecular weight excluding hydrogens is 466 g/mol. The summed E-state index contributed by atoms with van der Waals surface area (Å²) in [4.78, 5) is 20.7. The Hall–Kier alpha value is -3.65. The van der Waals surface area contributed by atoms with Crippen molar-refractivity contribution in [1.29, 1.82) is 0 Å². The molecule has 1 aliphatic heterocycles. The number of carbonyl (C=O) groups excluding carboxylic acids is 1. The number of aliphatic imine (C=N–C) groups is 1. The predicted octanol–water partition coefficient (Wildman–Crippen LogP) is 4.86. The number of fused-ring (bicyclic) bond motifs is 1. The van der Waals surface area contributed by atoms with Gasteiger partial charge >= 0.3 is 0 Å². The van der Waals surface area contributed by atoms with Crippen molar-refractivity contribution in [1.82, 2.24) is 10.3 Å². The van der Waals surface area contributed by atoms with Gasteiger partial charge in [-0.15, -0.1) is 0 Å². The van der Waals surface area contributed by atoms with Crippen molar-refractivity contribution in [2.45, 2.75) is 58.6 Å². The van der Waals surface area contributed by atoms with Crippen LogP contribution in [0.15, 0.2) is 53.4 Å². The van der Waals surface area contributed by atoms with Crippen molar-refractivity contribution in [2.24, 2.45) is 10.7 Å². The van der Waals surface area contributed by atoms with E-state index >= 15 is 0 Å². The average molecular weight is 506 g/mol. The molecule has 0 unspecified atom stereocenters. The van der Waals surface area contributed by atoms with Crippen LogP contribution in [-0.4, -0.2) is 44.0 Å². The van der Waals surface area contributed by atoms with Crippen molar-refractivity contribution < 1.29 is 14.3 Å². The number of carbonyl (C=O) groups is 1. The molecule has 8 heteroatoms. The van der Waals surface area contributed by atoms with Crippen LogP contribution < -0.4 is 21.1 Å². The molecule has 4 N–H and O–H groups in total. The van der Waals surface area contributed by atoms with E-state index in [1.165, 1.54) is 19.3 Å². The number of ether oxygens (including phenoxy) is 2. The number of aromatic nitrogens is 1. The minimum atomic E-state index is -0.101. The van der Waals surface area contributed by atoms with Gasteiger partial charge in [0.05, 0.1) is 12.7 Å². The van der Waals surface area contributed by atoms with Gasteiger partial charge in [0.1, 0.15) is 17.4 Å². The quantitative estimate of drug-likeness (QED) is 0.420. The van der Waals surface area contributed by atoms with E-state index in [1.54, 1.807) is 26.4 Å². The van der Waals surface area contributed by atoms with Crippen molar-refractivity contribution in [2.75, 3.05) is 26.1 Å². The molecule has 1 aromatic heterocycles. The van der Waals surface area contributed by atoms with Gasteiger partial charge in [-0.3, -0.25) is 4.79 Å². The van der Waals surface area contributed by atoms with Crippen LogP contribution in [0.2, 0.25) is 0 Å². The molecule has 2 aromatic rings. The van der Waals surface area contributed by atoms with Gasteiger partial charge in [0, 0.05) is 56.2 Å². The highest BCUT2D eigenvalue weighted by atomic mass is 16.5. The summed E-state index contributed by atoms with van der Waals surface area (Å²) >= 11 is 0. The smallest absolute Gasteiger partial charge is 0.251 e. The van der Waals surface area contributed by atoms with Crippen LogP contribution in [0.4, 0.5) is 5.82 Å². The molecule has 0 saturated heterocycles. The minimum absolute atomic E-state index is 0.101. The molecule has 37 heavy (non-hydrogen) atoms. The molecule has 2 aliphatic rings. The second kappa shape index (κ2) is 14.2. The Bertz CT molecular complexity index is 1150. The maximum Gasteiger partial charge on any atom is 0.251 e. The topological polar surface area (TPSA) is 111 Å². The van der Waals surface area contributed by atoms with Gasteiger partial charge in [-0.05, 0) is 68.0 Å². The number of hydrogen-bond donors (Lipinski definition) is 3. The highest BCUT2D eigenvalue weighted by Gasteiger charge is 2.22. The third-order valence-electron chi connectivity index (χ3n) is 6.37. The summed E-state index contributed by atoms with van der Waals surface area (Å²) in [5.41, 5.74) is 10.5. The first kappa shape index (κ1) is 27.9. The lowest BCUT2D eigenvalue weighted by molar-refractivity contribution is 0.0412. The molecule has 0 atom stereocenters. The number of nitrogens with two attached hydrogens (primary N) is 1. The summed E-state index contributed by atoms with van der Waals surface area (Å²) in [6.07, 6.45) is 13.5. The molecule has 1 fully saturated rings. The van der Waals surface area contributed by atoms with Gasteiger partial charge in [-0.25, -0.2) is 9.98 Å². The Kier molecular flexibility index (Phi) is 10.7. The number of anilines is 1.